The molecule has 0 aromatic heterocycles. The molecule has 1 aromatic carbocycles. The Hall–Kier alpha value is -1.88. The summed E-state index contributed by atoms with van der Waals surface area (Å²) in [4.78, 5) is 25.1. The summed E-state index contributed by atoms with van der Waals surface area (Å²) in [6.07, 6.45) is 2.47. The minimum absolute atomic E-state index is 0.228. The molecule has 0 aliphatic carbocycles. The number of unbranched alkanes of at least 4 members (excludes halogenated alkanes) is 1. The molecule has 1 aliphatic rings. The molecule has 5 heteroatoms. The van der Waals surface area contributed by atoms with Crippen LogP contribution in [0.2, 0.25) is 0 Å². The zero-order valence-electron chi connectivity index (χ0n) is 14.9. The van der Waals surface area contributed by atoms with Crippen molar-refractivity contribution < 1.29 is 19.1 Å². The highest BCUT2D eigenvalue weighted by molar-refractivity contribution is 5.85. The number of hydrogen-bond donors (Lipinski definition) is 1. The van der Waals surface area contributed by atoms with Gasteiger partial charge in [0.2, 0.25) is 0 Å². The first-order chi connectivity index (χ1) is 11.5. The van der Waals surface area contributed by atoms with Crippen molar-refractivity contribution in [1.82, 2.24) is 5.32 Å². The maximum absolute atomic E-state index is 12.6. The van der Waals surface area contributed by atoms with Gasteiger partial charge in [-0.1, -0.05) is 57.0 Å². The second-order valence-corrected chi connectivity index (χ2v) is 6.44. The van der Waals surface area contributed by atoms with Crippen LogP contribution in [-0.2, 0) is 19.1 Å². The van der Waals surface area contributed by atoms with Crippen LogP contribution < -0.4 is 5.32 Å². The van der Waals surface area contributed by atoms with Gasteiger partial charge in [-0.05, 0) is 12.0 Å². The summed E-state index contributed by atoms with van der Waals surface area (Å²) in [5.41, 5.74) is 0.103. The zero-order valence-corrected chi connectivity index (χ0v) is 14.9. The summed E-state index contributed by atoms with van der Waals surface area (Å²) < 4.78 is 10.1. The lowest BCUT2D eigenvalue weighted by Crippen LogP contribution is -2.52. The Morgan fingerprint density at radius 2 is 1.83 bits per heavy atom. The van der Waals surface area contributed by atoms with E-state index < -0.39 is 11.5 Å². The smallest absolute Gasteiger partial charge is 0.326 e. The van der Waals surface area contributed by atoms with Crippen molar-refractivity contribution in [2.75, 3.05) is 14.2 Å². The molecule has 0 amide bonds. The second-order valence-electron chi connectivity index (χ2n) is 6.44. The number of carbonyl (C=O) groups is 2. The molecule has 0 radical (unpaired) electrons. The monoisotopic (exact) mass is 333 g/mol. The van der Waals surface area contributed by atoms with Gasteiger partial charge in [-0.2, -0.15) is 0 Å². The van der Waals surface area contributed by atoms with Crippen molar-refractivity contribution in [3.63, 3.8) is 0 Å². The number of nitrogens with one attached hydrogen (secondary N) is 1. The quantitative estimate of drug-likeness (QED) is 0.811. The molecule has 1 aliphatic heterocycles. The van der Waals surface area contributed by atoms with E-state index in [4.69, 9.17) is 9.47 Å². The van der Waals surface area contributed by atoms with E-state index in [-0.39, 0.29) is 23.9 Å². The van der Waals surface area contributed by atoms with Crippen LogP contribution >= 0.6 is 0 Å². The molecule has 1 N–H and O–H groups in total. The Morgan fingerprint density at radius 1 is 1.17 bits per heavy atom. The van der Waals surface area contributed by atoms with E-state index in [1.165, 1.54) is 14.2 Å². The van der Waals surface area contributed by atoms with Gasteiger partial charge in [0.1, 0.15) is 5.54 Å². The highest BCUT2D eigenvalue weighted by Gasteiger charge is 2.58. The van der Waals surface area contributed by atoms with Gasteiger partial charge in [-0.15, -0.1) is 0 Å². The van der Waals surface area contributed by atoms with E-state index in [0.29, 0.717) is 6.42 Å². The third-order valence-electron chi connectivity index (χ3n) is 5.19. The number of ether oxygens (including phenoxy) is 2. The lowest BCUT2D eigenvalue weighted by Gasteiger charge is -2.32. The molecule has 0 saturated carbocycles. The van der Waals surface area contributed by atoms with E-state index in [0.717, 1.165) is 18.4 Å². The minimum Gasteiger partial charge on any atom is -0.469 e. The average Bonchev–Trinajstić information content (AvgIpc) is 2.93. The van der Waals surface area contributed by atoms with Crippen molar-refractivity contribution >= 4 is 11.9 Å². The van der Waals surface area contributed by atoms with E-state index in [1.807, 2.05) is 37.3 Å². The van der Waals surface area contributed by atoms with E-state index in [1.54, 1.807) is 0 Å². The molecule has 1 heterocycles. The lowest BCUT2D eigenvalue weighted by atomic mass is 9.76. The topological polar surface area (TPSA) is 64.6 Å². The molecule has 1 saturated heterocycles. The Labute approximate surface area is 143 Å². The molecule has 1 fully saturated rings. The molecular weight excluding hydrogens is 306 g/mol. The van der Waals surface area contributed by atoms with Gasteiger partial charge >= 0.3 is 11.9 Å². The van der Waals surface area contributed by atoms with Crippen LogP contribution in [0, 0.1) is 11.8 Å². The van der Waals surface area contributed by atoms with E-state index in [2.05, 4.69) is 12.2 Å². The maximum atomic E-state index is 12.6. The Balaban J connectivity index is 2.47. The largest absolute Gasteiger partial charge is 0.469 e. The van der Waals surface area contributed by atoms with E-state index >= 15 is 0 Å². The normalized spacial score (nSPS) is 29.2. The molecule has 0 bridgehead atoms. The van der Waals surface area contributed by atoms with Crippen molar-refractivity contribution in [3.05, 3.63) is 35.9 Å². The molecular formula is C19H27NO4. The summed E-state index contributed by atoms with van der Waals surface area (Å²) in [5.74, 6) is -1.27. The van der Waals surface area contributed by atoms with Crippen LogP contribution in [-0.4, -0.2) is 31.7 Å². The molecule has 0 unspecified atom stereocenters. The first-order valence-corrected chi connectivity index (χ1v) is 8.50. The fourth-order valence-corrected chi connectivity index (χ4v) is 3.81. The van der Waals surface area contributed by atoms with Crippen LogP contribution in [0.5, 0.6) is 0 Å². The molecule has 0 spiro atoms. The van der Waals surface area contributed by atoms with Crippen LogP contribution in [0.4, 0.5) is 0 Å². The van der Waals surface area contributed by atoms with Crippen LogP contribution in [0.25, 0.3) is 0 Å². The van der Waals surface area contributed by atoms with Crippen LogP contribution in [0.1, 0.15) is 44.7 Å². The first-order valence-electron chi connectivity index (χ1n) is 8.50. The van der Waals surface area contributed by atoms with Gasteiger partial charge < -0.3 is 9.47 Å². The predicted molar refractivity (Wildman–Crippen MR) is 91.3 cm³/mol. The second kappa shape index (κ2) is 7.79. The number of esters is 2. The van der Waals surface area contributed by atoms with Gasteiger partial charge in [0.15, 0.2) is 0 Å². The molecule has 132 valence electrons. The summed E-state index contributed by atoms with van der Waals surface area (Å²) in [7, 11) is 2.79. The van der Waals surface area contributed by atoms with Gasteiger partial charge in [-0.25, -0.2) is 0 Å². The lowest BCUT2D eigenvalue weighted by molar-refractivity contribution is -0.152. The molecule has 4 atom stereocenters. The van der Waals surface area contributed by atoms with Crippen molar-refractivity contribution in [2.45, 2.75) is 44.7 Å². The third-order valence-corrected chi connectivity index (χ3v) is 5.19. The fraction of sp³-hybridized carbons (Fsp3) is 0.579. The van der Waals surface area contributed by atoms with Gasteiger partial charge in [-0.3, -0.25) is 14.9 Å². The molecule has 5 nitrogen and oxygen atoms in total. The maximum Gasteiger partial charge on any atom is 0.326 e. The number of benzene rings is 1. The van der Waals surface area contributed by atoms with Gasteiger partial charge in [0, 0.05) is 12.0 Å². The Kier molecular flexibility index (Phi) is 5.99. The first kappa shape index (κ1) is 18.5. The Bertz CT molecular complexity index is 574. The van der Waals surface area contributed by atoms with Crippen LogP contribution in [0.15, 0.2) is 30.3 Å². The van der Waals surface area contributed by atoms with Crippen molar-refractivity contribution in [2.24, 2.45) is 11.8 Å². The standard InChI is InChI=1S/C19H27NO4/c1-5-6-12-19(18(22)24-4)13(2)15(17(21)23-3)16(20-19)14-10-8-7-9-11-14/h7-11,13,15-16,20H,5-6,12H2,1-4H3/t13-,15-,16-,19-/m1/s1. The number of methoxy groups -OCH3 is 2. The average molecular weight is 333 g/mol. The zero-order chi connectivity index (χ0) is 17.7. The summed E-state index contributed by atoms with van der Waals surface area (Å²) in [6.45, 7) is 4.02. The summed E-state index contributed by atoms with van der Waals surface area (Å²) in [6, 6.07) is 9.45. The third kappa shape index (κ3) is 3.18. The van der Waals surface area contributed by atoms with Gasteiger partial charge in [0.05, 0.1) is 20.1 Å². The molecule has 2 rings (SSSR count). The number of hydrogen-bond acceptors (Lipinski definition) is 5. The summed E-state index contributed by atoms with van der Waals surface area (Å²) in [5, 5.41) is 3.45. The fourth-order valence-electron chi connectivity index (χ4n) is 3.81. The predicted octanol–water partition coefficient (Wildman–Crippen LogP) is 2.86. The highest BCUT2D eigenvalue weighted by Crippen LogP contribution is 2.46. The SMILES string of the molecule is CCCC[C@@]1(C(=O)OC)N[C@H](c2ccccc2)[C@H](C(=O)OC)[C@H]1C. The van der Waals surface area contributed by atoms with Crippen molar-refractivity contribution in [1.29, 1.82) is 0 Å². The van der Waals surface area contributed by atoms with Crippen molar-refractivity contribution in [3.8, 4) is 0 Å². The Morgan fingerprint density at radius 3 is 2.38 bits per heavy atom. The summed E-state index contributed by atoms with van der Waals surface area (Å²) >= 11 is 0. The highest BCUT2D eigenvalue weighted by atomic mass is 16.5. The number of rotatable bonds is 6. The van der Waals surface area contributed by atoms with E-state index in [9.17, 15) is 9.59 Å². The number of carbonyl (C=O) groups excluding carboxylic acids is 2. The minimum atomic E-state index is -0.871. The van der Waals surface area contributed by atoms with Gasteiger partial charge in [0.25, 0.3) is 0 Å². The molecule has 24 heavy (non-hydrogen) atoms. The molecule has 1 aromatic rings. The van der Waals surface area contributed by atoms with Crippen LogP contribution in [0.3, 0.4) is 0 Å².